The number of hydrogen-bond donors (Lipinski definition) is 0. The first-order valence-electron chi connectivity index (χ1n) is 4.61. The molecule has 1 aromatic carbocycles. The van der Waals surface area contributed by atoms with Crippen molar-refractivity contribution in [1.82, 2.24) is 0 Å². The molecule has 0 bridgehead atoms. The van der Waals surface area contributed by atoms with E-state index in [1.807, 2.05) is 13.0 Å². The Morgan fingerprint density at radius 2 is 1.92 bits per heavy atom. The van der Waals surface area contributed by atoms with Gasteiger partial charge in [-0.1, -0.05) is 42.5 Å². The zero-order valence-corrected chi connectivity index (χ0v) is 8.54. The van der Waals surface area contributed by atoms with Gasteiger partial charge in [-0.3, -0.25) is 0 Å². The van der Waals surface area contributed by atoms with Crippen molar-refractivity contribution in [3.8, 4) is 0 Å². The Balaban J connectivity index is 3.01. The first-order valence-corrected chi connectivity index (χ1v) is 4.61. The van der Waals surface area contributed by atoms with Crippen LogP contribution in [0.15, 0.2) is 42.5 Å². The minimum atomic E-state index is 1.32. The largest absolute Gasteiger partial charge is 0.0877 e. The van der Waals surface area contributed by atoms with Crippen LogP contribution in [0.3, 0.4) is 0 Å². The summed E-state index contributed by atoms with van der Waals surface area (Å²) >= 11 is 0. The highest BCUT2D eigenvalue weighted by Crippen LogP contribution is 2.17. The normalized spacial score (nSPS) is 12.4. The molecule has 0 unspecified atom stereocenters. The van der Waals surface area contributed by atoms with Crippen LogP contribution in [0.2, 0.25) is 0 Å². The smallest absolute Gasteiger partial charge is 0.0198 e. The van der Waals surface area contributed by atoms with Crippen LogP contribution < -0.4 is 0 Å². The molecule has 0 fully saturated rings. The SMILES string of the molecule is C/C=C/C=C(/C)c1ccccc1C. The van der Waals surface area contributed by atoms with Gasteiger partial charge in [0.2, 0.25) is 0 Å². The maximum absolute atomic E-state index is 2.16. The van der Waals surface area contributed by atoms with Gasteiger partial charge in [0.05, 0.1) is 0 Å². The van der Waals surface area contributed by atoms with Gasteiger partial charge in [-0.25, -0.2) is 0 Å². The van der Waals surface area contributed by atoms with Crippen molar-refractivity contribution >= 4 is 5.57 Å². The molecule has 0 N–H and O–H groups in total. The quantitative estimate of drug-likeness (QED) is 0.592. The maximum Gasteiger partial charge on any atom is -0.0198 e. The summed E-state index contributed by atoms with van der Waals surface area (Å²) in [5, 5.41) is 0. The molecule has 0 nitrogen and oxygen atoms in total. The Labute approximate surface area is 80.6 Å². The Hall–Kier alpha value is -1.30. The molecule has 0 spiro atoms. The van der Waals surface area contributed by atoms with E-state index in [1.54, 1.807) is 0 Å². The summed E-state index contributed by atoms with van der Waals surface area (Å²) in [6, 6.07) is 8.45. The molecule has 0 heteroatoms. The Morgan fingerprint density at radius 3 is 2.54 bits per heavy atom. The predicted molar refractivity (Wildman–Crippen MR) is 59.6 cm³/mol. The van der Waals surface area contributed by atoms with Crippen LogP contribution in [-0.2, 0) is 0 Å². The fourth-order valence-corrected chi connectivity index (χ4v) is 1.35. The molecule has 0 aliphatic heterocycles. The van der Waals surface area contributed by atoms with Gasteiger partial charge in [-0.2, -0.15) is 0 Å². The number of aryl methyl sites for hydroxylation is 1. The van der Waals surface area contributed by atoms with E-state index < -0.39 is 0 Å². The molecule has 0 heterocycles. The summed E-state index contributed by atoms with van der Waals surface area (Å²) < 4.78 is 0. The summed E-state index contributed by atoms with van der Waals surface area (Å²) in [5.74, 6) is 0. The molecular weight excluding hydrogens is 156 g/mol. The van der Waals surface area contributed by atoms with E-state index in [2.05, 4.69) is 50.3 Å². The first kappa shape index (κ1) is 9.79. The minimum absolute atomic E-state index is 1.32. The van der Waals surface area contributed by atoms with Crippen LogP contribution in [0.4, 0.5) is 0 Å². The maximum atomic E-state index is 2.16. The van der Waals surface area contributed by atoms with Crippen molar-refractivity contribution in [2.45, 2.75) is 20.8 Å². The number of benzene rings is 1. The average molecular weight is 172 g/mol. The van der Waals surface area contributed by atoms with E-state index >= 15 is 0 Å². The van der Waals surface area contributed by atoms with Gasteiger partial charge in [0.1, 0.15) is 0 Å². The molecular formula is C13H16. The molecule has 0 aliphatic carbocycles. The third kappa shape index (κ3) is 2.59. The number of hydrogen-bond acceptors (Lipinski definition) is 0. The molecule has 0 saturated heterocycles. The standard InChI is InChI=1S/C13H16/c1-4-5-8-11(2)13-10-7-6-9-12(13)3/h4-10H,1-3H3/b5-4+,11-8-. The van der Waals surface area contributed by atoms with Crippen molar-refractivity contribution < 1.29 is 0 Å². The van der Waals surface area contributed by atoms with Crippen LogP contribution in [0.25, 0.3) is 5.57 Å². The number of allylic oxidation sites excluding steroid dienone is 4. The van der Waals surface area contributed by atoms with Crippen LogP contribution in [0, 0.1) is 6.92 Å². The Bertz CT molecular complexity index is 330. The third-order valence-corrected chi connectivity index (χ3v) is 2.11. The lowest BCUT2D eigenvalue weighted by molar-refractivity contribution is 1.41. The molecule has 0 aliphatic rings. The fraction of sp³-hybridized carbons (Fsp3) is 0.231. The molecule has 0 amide bonds. The van der Waals surface area contributed by atoms with E-state index in [-0.39, 0.29) is 0 Å². The van der Waals surface area contributed by atoms with Gasteiger partial charge in [0, 0.05) is 0 Å². The zero-order chi connectivity index (χ0) is 9.68. The number of rotatable bonds is 2. The second kappa shape index (κ2) is 4.66. The lowest BCUT2D eigenvalue weighted by Crippen LogP contribution is -1.83. The van der Waals surface area contributed by atoms with Gasteiger partial charge in [-0.15, -0.1) is 0 Å². The predicted octanol–water partition coefficient (Wildman–Crippen LogP) is 3.97. The van der Waals surface area contributed by atoms with Gasteiger partial charge >= 0.3 is 0 Å². The Morgan fingerprint density at radius 1 is 1.23 bits per heavy atom. The van der Waals surface area contributed by atoms with E-state index in [4.69, 9.17) is 0 Å². The van der Waals surface area contributed by atoms with Gasteiger partial charge in [-0.05, 0) is 37.5 Å². The van der Waals surface area contributed by atoms with Crippen molar-refractivity contribution in [2.75, 3.05) is 0 Å². The summed E-state index contributed by atoms with van der Waals surface area (Å²) in [4.78, 5) is 0. The van der Waals surface area contributed by atoms with Gasteiger partial charge in [0.25, 0.3) is 0 Å². The second-order valence-electron chi connectivity index (χ2n) is 3.19. The lowest BCUT2D eigenvalue weighted by atomic mass is 10.0. The van der Waals surface area contributed by atoms with E-state index in [0.29, 0.717) is 0 Å². The highest BCUT2D eigenvalue weighted by Gasteiger charge is 1.96. The topological polar surface area (TPSA) is 0 Å². The van der Waals surface area contributed by atoms with E-state index in [9.17, 15) is 0 Å². The third-order valence-electron chi connectivity index (χ3n) is 2.11. The van der Waals surface area contributed by atoms with E-state index in [0.717, 1.165) is 0 Å². The monoisotopic (exact) mass is 172 g/mol. The molecule has 13 heavy (non-hydrogen) atoms. The highest BCUT2D eigenvalue weighted by molar-refractivity contribution is 5.67. The van der Waals surface area contributed by atoms with Crippen LogP contribution in [0.5, 0.6) is 0 Å². The Kier molecular flexibility index (Phi) is 3.51. The average Bonchev–Trinajstić information content (AvgIpc) is 2.15. The highest BCUT2D eigenvalue weighted by atomic mass is 14.0. The summed E-state index contributed by atoms with van der Waals surface area (Å²) in [7, 11) is 0. The van der Waals surface area contributed by atoms with Crippen molar-refractivity contribution in [1.29, 1.82) is 0 Å². The summed E-state index contributed by atoms with van der Waals surface area (Å²) in [5.41, 5.74) is 3.98. The van der Waals surface area contributed by atoms with E-state index in [1.165, 1.54) is 16.7 Å². The minimum Gasteiger partial charge on any atom is -0.0877 e. The lowest BCUT2D eigenvalue weighted by Gasteiger charge is -2.04. The summed E-state index contributed by atoms with van der Waals surface area (Å²) in [6.07, 6.45) is 6.26. The molecule has 1 rings (SSSR count). The molecule has 68 valence electrons. The first-order chi connectivity index (χ1) is 6.25. The van der Waals surface area contributed by atoms with Crippen LogP contribution in [0.1, 0.15) is 25.0 Å². The zero-order valence-electron chi connectivity index (χ0n) is 8.54. The van der Waals surface area contributed by atoms with Crippen LogP contribution in [-0.4, -0.2) is 0 Å². The molecule has 1 aromatic rings. The van der Waals surface area contributed by atoms with Crippen molar-refractivity contribution in [3.63, 3.8) is 0 Å². The van der Waals surface area contributed by atoms with Crippen molar-refractivity contribution in [2.24, 2.45) is 0 Å². The second-order valence-corrected chi connectivity index (χ2v) is 3.19. The fourth-order valence-electron chi connectivity index (χ4n) is 1.35. The molecule has 0 atom stereocenters. The van der Waals surface area contributed by atoms with Crippen molar-refractivity contribution in [3.05, 3.63) is 53.6 Å². The van der Waals surface area contributed by atoms with Crippen LogP contribution >= 0.6 is 0 Å². The molecule has 0 radical (unpaired) electrons. The molecule has 0 saturated carbocycles. The summed E-state index contributed by atoms with van der Waals surface area (Å²) in [6.45, 7) is 6.31. The molecule has 0 aromatic heterocycles. The van der Waals surface area contributed by atoms with Gasteiger partial charge in [0.15, 0.2) is 0 Å². The van der Waals surface area contributed by atoms with Gasteiger partial charge < -0.3 is 0 Å².